The standard InChI is InChI=1S/C22H24FN7O/c1-13-18-9-16(23)2-3-17(18)19(4-5-24)29-12-15(10-26)21(28-7-6-25)14-8-20(31-13)22(27)30-11-14/h2-5,8-9,11,13,24,28-29H,7,10,12,26H2,1H3,(H2,27,30)/b19-4-,21-15+,24-5?. The van der Waals surface area contributed by atoms with Crippen LogP contribution in [-0.4, -0.2) is 30.8 Å². The number of rotatable bonds is 4. The highest BCUT2D eigenvalue weighted by Gasteiger charge is 2.20. The fourth-order valence-corrected chi connectivity index (χ4v) is 3.41. The number of aromatic nitrogens is 1. The smallest absolute Gasteiger partial charge is 0.166 e. The molecule has 0 saturated heterocycles. The number of allylic oxidation sites excluding steroid dienone is 1. The summed E-state index contributed by atoms with van der Waals surface area (Å²) in [7, 11) is 0. The van der Waals surface area contributed by atoms with Gasteiger partial charge in [-0.2, -0.15) is 5.26 Å². The summed E-state index contributed by atoms with van der Waals surface area (Å²) in [6.07, 6.45) is 3.75. The van der Waals surface area contributed by atoms with Crippen molar-refractivity contribution in [3.05, 3.63) is 64.6 Å². The Morgan fingerprint density at radius 2 is 2.26 bits per heavy atom. The Hall–Kier alpha value is -3.90. The second kappa shape index (κ2) is 9.73. The largest absolute Gasteiger partial charge is 0.482 e. The van der Waals surface area contributed by atoms with Gasteiger partial charge in [0.05, 0.1) is 6.07 Å². The van der Waals surface area contributed by atoms with Gasteiger partial charge >= 0.3 is 0 Å². The number of nitriles is 1. The van der Waals surface area contributed by atoms with E-state index in [-0.39, 0.29) is 18.9 Å². The molecule has 31 heavy (non-hydrogen) atoms. The predicted molar refractivity (Wildman–Crippen MR) is 118 cm³/mol. The van der Waals surface area contributed by atoms with Crippen LogP contribution in [0.1, 0.15) is 29.7 Å². The molecule has 8 nitrogen and oxygen atoms in total. The van der Waals surface area contributed by atoms with Crippen LogP contribution >= 0.6 is 0 Å². The van der Waals surface area contributed by atoms with Crippen molar-refractivity contribution < 1.29 is 9.13 Å². The molecule has 1 aliphatic rings. The van der Waals surface area contributed by atoms with Crippen LogP contribution in [0.25, 0.3) is 11.4 Å². The minimum absolute atomic E-state index is 0.0705. The predicted octanol–water partition coefficient (Wildman–Crippen LogP) is 2.32. The van der Waals surface area contributed by atoms with Crippen molar-refractivity contribution in [1.82, 2.24) is 15.6 Å². The van der Waals surface area contributed by atoms with E-state index >= 15 is 0 Å². The third-order valence-corrected chi connectivity index (χ3v) is 4.90. The van der Waals surface area contributed by atoms with Crippen molar-refractivity contribution in [2.45, 2.75) is 13.0 Å². The Kier molecular flexibility index (Phi) is 6.85. The van der Waals surface area contributed by atoms with Crippen LogP contribution in [0.4, 0.5) is 10.2 Å². The molecular weight excluding hydrogens is 397 g/mol. The first kappa shape index (κ1) is 21.8. The summed E-state index contributed by atoms with van der Waals surface area (Å²) in [6, 6.07) is 8.18. The number of hydrogen-bond donors (Lipinski definition) is 5. The lowest BCUT2D eigenvalue weighted by molar-refractivity contribution is 0.226. The van der Waals surface area contributed by atoms with E-state index in [1.807, 2.05) is 0 Å². The summed E-state index contributed by atoms with van der Waals surface area (Å²) in [4.78, 5) is 4.23. The molecule has 3 rings (SSSR count). The van der Waals surface area contributed by atoms with Gasteiger partial charge < -0.3 is 32.2 Å². The quantitative estimate of drug-likeness (QED) is 0.376. The zero-order valence-electron chi connectivity index (χ0n) is 17.1. The molecule has 0 fully saturated rings. The van der Waals surface area contributed by atoms with Gasteiger partial charge in [-0.1, -0.05) is 0 Å². The lowest BCUT2D eigenvalue weighted by Gasteiger charge is -2.24. The van der Waals surface area contributed by atoms with Crippen molar-refractivity contribution in [3.63, 3.8) is 0 Å². The molecule has 0 spiro atoms. The minimum atomic E-state index is -0.561. The molecule has 0 radical (unpaired) electrons. The summed E-state index contributed by atoms with van der Waals surface area (Å²) in [6.45, 7) is 2.39. The Bertz CT molecular complexity index is 1090. The number of pyridine rings is 1. The first-order valence-electron chi connectivity index (χ1n) is 9.68. The maximum atomic E-state index is 14.1. The van der Waals surface area contributed by atoms with Crippen LogP contribution in [-0.2, 0) is 0 Å². The van der Waals surface area contributed by atoms with Gasteiger partial charge in [-0.25, -0.2) is 9.37 Å². The van der Waals surface area contributed by atoms with Gasteiger partial charge in [0.2, 0.25) is 0 Å². The SMILES string of the molecule is CC1Oc2cc(cnc2N)/C(NCC#N)=C(/CN)CN/C(=C\C=N)c2ccc(F)cc21. The molecule has 1 aromatic carbocycles. The van der Waals surface area contributed by atoms with E-state index < -0.39 is 11.9 Å². The number of halogens is 1. The number of fused-ring (bicyclic) bond motifs is 3. The maximum absolute atomic E-state index is 14.1. The van der Waals surface area contributed by atoms with Crippen LogP contribution in [0.3, 0.4) is 0 Å². The van der Waals surface area contributed by atoms with Gasteiger partial charge in [0.25, 0.3) is 0 Å². The lowest BCUT2D eigenvalue weighted by atomic mass is 9.98. The number of nitrogens with one attached hydrogen (secondary N) is 3. The van der Waals surface area contributed by atoms with E-state index in [2.05, 4.69) is 21.7 Å². The molecule has 7 N–H and O–H groups in total. The summed E-state index contributed by atoms with van der Waals surface area (Å²) < 4.78 is 20.2. The van der Waals surface area contributed by atoms with E-state index in [1.54, 1.807) is 31.3 Å². The second-order valence-electron chi connectivity index (χ2n) is 6.89. The number of nitrogens with zero attached hydrogens (tertiary/aromatic N) is 2. The highest BCUT2D eigenvalue weighted by Crippen LogP contribution is 2.33. The highest BCUT2D eigenvalue weighted by molar-refractivity contribution is 5.83. The highest BCUT2D eigenvalue weighted by atomic mass is 19.1. The van der Waals surface area contributed by atoms with Crippen LogP contribution in [0.5, 0.6) is 5.75 Å². The third kappa shape index (κ3) is 4.82. The van der Waals surface area contributed by atoms with Crippen LogP contribution in [0, 0.1) is 22.6 Å². The Morgan fingerprint density at radius 1 is 1.45 bits per heavy atom. The van der Waals surface area contributed by atoms with Crippen molar-refractivity contribution in [1.29, 1.82) is 10.7 Å². The molecule has 2 aromatic rings. The van der Waals surface area contributed by atoms with Gasteiger partial charge in [0.15, 0.2) is 11.6 Å². The third-order valence-electron chi connectivity index (χ3n) is 4.90. The molecule has 9 heteroatoms. The zero-order valence-corrected chi connectivity index (χ0v) is 17.1. The second-order valence-corrected chi connectivity index (χ2v) is 6.89. The van der Waals surface area contributed by atoms with Crippen LogP contribution in [0.15, 0.2) is 42.1 Å². The van der Waals surface area contributed by atoms with E-state index in [4.69, 9.17) is 26.9 Å². The summed E-state index contributed by atoms with van der Waals surface area (Å²) in [5.74, 6) is 0.118. The van der Waals surface area contributed by atoms with E-state index in [9.17, 15) is 4.39 Å². The van der Waals surface area contributed by atoms with Crippen LogP contribution in [0.2, 0.25) is 0 Å². The number of benzene rings is 1. The monoisotopic (exact) mass is 421 g/mol. The number of anilines is 1. The topological polar surface area (TPSA) is 146 Å². The zero-order chi connectivity index (χ0) is 22.4. The molecule has 2 heterocycles. The molecule has 2 bridgehead atoms. The van der Waals surface area contributed by atoms with E-state index in [0.717, 1.165) is 11.8 Å². The average molecular weight is 421 g/mol. The average Bonchev–Trinajstić information content (AvgIpc) is 2.76. The number of hydrogen-bond acceptors (Lipinski definition) is 8. The normalized spacial score (nSPS) is 19.7. The Balaban J connectivity index is 2.23. The van der Waals surface area contributed by atoms with E-state index in [0.29, 0.717) is 40.4 Å². The summed E-state index contributed by atoms with van der Waals surface area (Å²) in [5, 5.41) is 23.0. The number of nitrogen functional groups attached to an aromatic ring is 1. The van der Waals surface area contributed by atoms with Crippen molar-refractivity contribution in [2.24, 2.45) is 5.73 Å². The van der Waals surface area contributed by atoms with Gasteiger partial charge in [-0.05, 0) is 42.8 Å². The molecule has 1 unspecified atom stereocenters. The number of ether oxygens (including phenoxy) is 1. The molecule has 0 aliphatic carbocycles. The molecule has 0 amide bonds. The number of nitrogens with two attached hydrogens (primary N) is 2. The summed E-state index contributed by atoms with van der Waals surface area (Å²) in [5.41, 5.74) is 16.0. The van der Waals surface area contributed by atoms with Crippen molar-refractivity contribution >= 4 is 23.4 Å². The Labute approximate surface area is 179 Å². The van der Waals surface area contributed by atoms with Gasteiger partial charge in [0.1, 0.15) is 18.5 Å². The van der Waals surface area contributed by atoms with Gasteiger partial charge in [-0.3, -0.25) is 0 Å². The fraction of sp³-hybridized carbons (Fsp3) is 0.227. The molecule has 160 valence electrons. The fourth-order valence-electron chi connectivity index (χ4n) is 3.41. The van der Waals surface area contributed by atoms with Crippen LogP contribution < -0.4 is 26.8 Å². The Morgan fingerprint density at radius 3 is 2.97 bits per heavy atom. The molecular formula is C22H24FN7O. The van der Waals surface area contributed by atoms with E-state index in [1.165, 1.54) is 12.1 Å². The van der Waals surface area contributed by atoms with Crippen molar-refractivity contribution in [2.75, 3.05) is 25.4 Å². The summed E-state index contributed by atoms with van der Waals surface area (Å²) >= 11 is 0. The molecule has 1 atom stereocenters. The van der Waals surface area contributed by atoms with Gasteiger partial charge in [-0.15, -0.1) is 0 Å². The minimum Gasteiger partial charge on any atom is -0.482 e. The van der Waals surface area contributed by atoms with Gasteiger partial charge in [0, 0.05) is 53.6 Å². The molecule has 1 aromatic heterocycles. The first-order chi connectivity index (χ1) is 15.0. The molecule has 1 aliphatic heterocycles. The lowest BCUT2D eigenvalue weighted by Crippen LogP contribution is -2.26. The molecule has 0 saturated carbocycles. The first-order valence-corrected chi connectivity index (χ1v) is 9.68. The van der Waals surface area contributed by atoms with Crippen molar-refractivity contribution in [3.8, 4) is 11.8 Å². The maximum Gasteiger partial charge on any atom is 0.166 e.